The van der Waals surface area contributed by atoms with Crippen LogP contribution >= 0.6 is 0 Å². The van der Waals surface area contributed by atoms with E-state index in [4.69, 9.17) is 4.98 Å². The fourth-order valence-electron chi connectivity index (χ4n) is 6.12. The van der Waals surface area contributed by atoms with E-state index in [-0.39, 0.29) is 12.5 Å². The third-order valence-electron chi connectivity index (χ3n) is 8.61. The van der Waals surface area contributed by atoms with Crippen molar-refractivity contribution in [1.29, 1.82) is 0 Å². The lowest BCUT2D eigenvalue weighted by Gasteiger charge is -2.32. The zero-order chi connectivity index (χ0) is 31.6. The fourth-order valence-corrected chi connectivity index (χ4v) is 6.12. The number of amides is 2. The van der Waals surface area contributed by atoms with E-state index in [0.29, 0.717) is 55.4 Å². The van der Waals surface area contributed by atoms with Gasteiger partial charge >= 0.3 is 6.18 Å². The summed E-state index contributed by atoms with van der Waals surface area (Å²) in [5.74, 6) is 0.557. The van der Waals surface area contributed by atoms with E-state index in [9.17, 15) is 22.8 Å². The number of halogens is 3. The third-order valence-corrected chi connectivity index (χ3v) is 8.61. The number of hydrogen-bond donors (Lipinski definition) is 0. The summed E-state index contributed by atoms with van der Waals surface area (Å²) in [6, 6.07) is 17.5. The molecule has 0 spiro atoms. The number of nitrogens with zero attached hydrogens (tertiary/aromatic N) is 6. The Morgan fingerprint density at radius 2 is 1.71 bits per heavy atom. The largest absolute Gasteiger partial charge is 0.389 e. The lowest BCUT2D eigenvalue weighted by molar-refractivity contribution is -0.148. The van der Waals surface area contributed by atoms with Crippen LogP contribution in [0.15, 0.2) is 66.9 Å². The van der Waals surface area contributed by atoms with Crippen LogP contribution in [-0.2, 0) is 11.2 Å². The Morgan fingerprint density at radius 1 is 0.933 bits per heavy atom. The maximum Gasteiger partial charge on any atom is 0.389 e. The molecule has 6 rings (SSSR count). The predicted octanol–water partition coefficient (Wildman–Crippen LogP) is 6.00. The van der Waals surface area contributed by atoms with Crippen LogP contribution in [-0.4, -0.2) is 73.6 Å². The SMILES string of the molecule is Cc1cccc(C2CCN(C(=O)c3ccc(Cc4nc5c(C6=CCN(C(=O)CCC(F)(F)F)CC6)cccn5n4)cc3)CC2)n1. The van der Waals surface area contributed by atoms with E-state index in [1.54, 1.807) is 4.52 Å². The van der Waals surface area contributed by atoms with Crippen LogP contribution in [0.2, 0.25) is 0 Å². The summed E-state index contributed by atoms with van der Waals surface area (Å²) >= 11 is 0. The average molecular weight is 617 g/mol. The minimum absolute atomic E-state index is 0.0362. The molecule has 5 heterocycles. The Balaban J connectivity index is 1.07. The molecule has 11 heteroatoms. The minimum atomic E-state index is -4.34. The normalized spacial score (nSPS) is 16.2. The predicted molar refractivity (Wildman–Crippen MR) is 164 cm³/mol. The van der Waals surface area contributed by atoms with Crippen molar-refractivity contribution in [2.45, 2.75) is 57.5 Å². The highest BCUT2D eigenvalue weighted by molar-refractivity contribution is 5.94. The molecule has 0 radical (unpaired) electrons. The van der Waals surface area contributed by atoms with Gasteiger partial charge in [-0.1, -0.05) is 24.3 Å². The summed E-state index contributed by atoms with van der Waals surface area (Å²) in [5.41, 5.74) is 6.33. The molecule has 0 bridgehead atoms. The van der Waals surface area contributed by atoms with E-state index >= 15 is 0 Å². The van der Waals surface area contributed by atoms with Gasteiger partial charge in [-0.3, -0.25) is 14.6 Å². The molecule has 1 aromatic carbocycles. The first-order valence-electron chi connectivity index (χ1n) is 15.3. The molecule has 2 aliphatic heterocycles. The summed E-state index contributed by atoms with van der Waals surface area (Å²) < 4.78 is 39.3. The highest BCUT2D eigenvalue weighted by Gasteiger charge is 2.30. The summed E-state index contributed by atoms with van der Waals surface area (Å²) in [6.07, 6.45) is 0.545. The zero-order valence-electron chi connectivity index (χ0n) is 25.1. The Hall–Kier alpha value is -4.54. The van der Waals surface area contributed by atoms with Gasteiger partial charge in [-0.05, 0) is 73.7 Å². The van der Waals surface area contributed by atoms with Gasteiger partial charge in [0.2, 0.25) is 5.91 Å². The first kappa shape index (κ1) is 30.5. The molecule has 3 aromatic heterocycles. The molecule has 0 aliphatic carbocycles. The van der Waals surface area contributed by atoms with E-state index in [0.717, 1.165) is 40.9 Å². The molecule has 45 heavy (non-hydrogen) atoms. The summed E-state index contributed by atoms with van der Waals surface area (Å²) in [4.78, 5) is 38.3. The molecular formula is C34H35F3N6O2. The van der Waals surface area contributed by atoms with Gasteiger partial charge in [-0.15, -0.1) is 0 Å². The number of alkyl halides is 3. The van der Waals surface area contributed by atoms with Crippen LogP contribution in [0.4, 0.5) is 13.2 Å². The number of pyridine rings is 2. The van der Waals surface area contributed by atoms with Gasteiger partial charge in [0.05, 0.1) is 6.42 Å². The minimum Gasteiger partial charge on any atom is -0.339 e. The molecule has 1 saturated heterocycles. The second-order valence-corrected chi connectivity index (χ2v) is 11.8. The quantitative estimate of drug-likeness (QED) is 0.254. The van der Waals surface area contributed by atoms with Crippen molar-refractivity contribution in [3.05, 3.63) is 101 Å². The number of rotatable bonds is 7. The van der Waals surface area contributed by atoms with Gasteiger partial charge in [-0.25, -0.2) is 9.50 Å². The van der Waals surface area contributed by atoms with Gasteiger partial charge in [0, 0.05) is 73.7 Å². The fraction of sp³-hybridized carbons (Fsp3) is 0.382. The van der Waals surface area contributed by atoms with Crippen molar-refractivity contribution in [2.75, 3.05) is 26.2 Å². The molecule has 234 valence electrons. The van der Waals surface area contributed by atoms with Crippen molar-refractivity contribution >= 4 is 23.0 Å². The van der Waals surface area contributed by atoms with Crippen LogP contribution in [0.5, 0.6) is 0 Å². The number of likely N-dealkylation sites (tertiary alicyclic amines) is 1. The average Bonchev–Trinajstić information content (AvgIpc) is 3.46. The van der Waals surface area contributed by atoms with Crippen LogP contribution in [0.1, 0.15) is 76.7 Å². The number of aromatic nitrogens is 4. The van der Waals surface area contributed by atoms with E-state index in [1.165, 1.54) is 4.90 Å². The van der Waals surface area contributed by atoms with Crippen LogP contribution in [0.25, 0.3) is 11.2 Å². The molecule has 2 amide bonds. The number of hydrogen-bond acceptors (Lipinski definition) is 5. The molecule has 0 atom stereocenters. The van der Waals surface area contributed by atoms with Crippen molar-refractivity contribution in [3.8, 4) is 0 Å². The molecular weight excluding hydrogens is 581 g/mol. The molecule has 8 nitrogen and oxygen atoms in total. The van der Waals surface area contributed by atoms with Gasteiger partial charge < -0.3 is 9.80 Å². The smallest absolute Gasteiger partial charge is 0.339 e. The number of piperidine rings is 1. The summed E-state index contributed by atoms with van der Waals surface area (Å²) in [5, 5.41) is 4.65. The number of benzene rings is 1. The van der Waals surface area contributed by atoms with Crippen LogP contribution in [0.3, 0.4) is 0 Å². The third kappa shape index (κ3) is 7.24. The summed E-state index contributed by atoms with van der Waals surface area (Å²) in [7, 11) is 0. The molecule has 1 fully saturated rings. The van der Waals surface area contributed by atoms with Crippen molar-refractivity contribution < 1.29 is 22.8 Å². The lowest BCUT2D eigenvalue weighted by Crippen LogP contribution is -2.38. The van der Waals surface area contributed by atoms with E-state index in [2.05, 4.69) is 16.1 Å². The van der Waals surface area contributed by atoms with Gasteiger partial charge in [0.25, 0.3) is 5.91 Å². The van der Waals surface area contributed by atoms with E-state index in [1.807, 2.05) is 72.6 Å². The standard InChI is InChI=1S/C34H35F3N6O2/c1-23-4-2-6-29(38-23)26-14-20-42(21-15-26)33(45)27-9-7-24(8-10-27)22-30-39-32-28(5-3-17-43(32)40-30)25-12-18-41(19-13-25)31(44)11-16-34(35,36)37/h2-10,12,17,26H,11,13-16,18-22H2,1H3. The van der Waals surface area contributed by atoms with Gasteiger partial charge in [0.1, 0.15) is 0 Å². The maximum atomic E-state index is 13.2. The van der Waals surface area contributed by atoms with E-state index < -0.39 is 24.9 Å². The Morgan fingerprint density at radius 3 is 2.40 bits per heavy atom. The number of carbonyl (C=O) groups is 2. The summed E-state index contributed by atoms with van der Waals surface area (Å²) in [6.45, 7) is 4.04. The molecule has 4 aromatic rings. The second kappa shape index (κ2) is 12.8. The molecule has 0 saturated carbocycles. The zero-order valence-corrected chi connectivity index (χ0v) is 25.1. The lowest BCUT2D eigenvalue weighted by atomic mass is 9.92. The van der Waals surface area contributed by atoms with Crippen LogP contribution in [0, 0.1) is 6.92 Å². The molecule has 2 aliphatic rings. The highest BCUT2D eigenvalue weighted by atomic mass is 19.4. The first-order valence-corrected chi connectivity index (χ1v) is 15.3. The second-order valence-electron chi connectivity index (χ2n) is 11.8. The van der Waals surface area contributed by atoms with Crippen molar-refractivity contribution in [1.82, 2.24) is 29.4 Å². The monoisotopic (exact) mass is 616 g/mol. The number of carbonyl (C=O) groups excluding carboxylic acids is 2. The first-order chi connectivity index (χ1) is 21.6. The van der Waals surface area contributed by atoms with Crippen molar-refractivity contribution in [2.24, 2.45) is 0 Å². The van der Waals surface area contributed by atoms with Gasteiger partial charge in [-0.2, -0.15) is 18.3 Å². The Bertz CT molecular complexity index is 1720. The highest BCUT2D eigenvalue weighted by Crippen LogP contribution is 2.29. The topological polar surface area (TPSA) is 83.7 Å². The maximum absolute atomic E-state index is 13.2. The Kier molecular flexibility index (Phi) is 8.69. The molecule has 0 N–H and O–H groups in total. The Labute approximate surface area is 259 Å². The number of fused-ring (bicyclic) bond motifs is 1. The van der Waals surface area contributed by atoms with Crippen molar-refractivity contribution in [3.63, 3.8) is 0 Å². The van der Waals surface area contributed by atoms with Crippen LogP contribution < -0.4 is 0 Å². The van der Waals surface area contributed by atoms with Gasteiger partial charge in [0.15, 0.2) is 11.5 Å². The number of aryl methyl sites for hydroxylation is 1. The molecule has 0 unspecified atom stereocenters.